The number of nitro benzene ring substituents is 1. The van der Waals surface area contributed by atoms with E-state index in [0.717, 1.165) is 37.6 Å². The Morgan fingerprint density at radius 1 is 1.48 bits per heavy atom. The van der Waals surface area contributed by atoms with Gasteiger partial charge in [-0.25, -0.2) is 17.5 Å². The summed E-state index contributed by atoms with van der Waals surface area (Å²) in [5, 5.41) is 14.1. The highest BCUT2D eigenvalue weighted by atomic mass is 35.5. The fourth-order valence-corrected chi connectivity index (χ4v) is 3.94. The summed E-state index contributed by atoms with van der Waals surface area (Å²) in [7, 11) is -4.30. The van der Waals surface area contributed by atoms with Gasteiger partial charge in [0.05, 0.1) is 4.92 Å². The van der Waals surface area contributed by atoms with Crippen molar-refractivity contribution < 1.29 is 17.7 Å². The maximum atomic E-state index is 13.8. The molecule has 130 valence electrons. The Balaban J connectivity index is 0.00000264. The number of halogens is 2. The van der Waals surface area contributed by atoms with E-state index in [-0.39, 0.29) is 24.4 Å². The summed E-state index contributed by atoms with van der Waals surface area (Å²) in [5.74, 6) is -1.13. The summed E-state index contributed by atoms with van der Waals surface area (Å²) in [4.78, 5) is 9.12. The van der Waals surface area contributed by atoms with Crippen molar-refractivity contribution in [3.05, 3.63) is 34.1 Å². The summed E-state index contributed by atoms with van der Waals surface area (Å²) in [6, 6.07) is 2.98. The number of nitrogens with zero attached hydrogens (tertiary/aromatic N) is 1. The SMILES string of the molecule is CC1(CNS(=O)(=O)c2c(F)cccc2[N+](=O)[O-])CCCNC1.Cl. The molecule has 0 aromatic heterocycles. The molecular weight excluding hydrogens is 349 g/mol. The molecule has 7 nitrogen and oxygen atoms in total. The molecule has 0 saturated carbocycles. The Kier molecular flexibility index (Phi) is 6.46. The molecule has 1 aliphatic rings. The Bertz CT molecular complexity index is 678. The monoisotopic (exact) mass is 367 g/mol. The van der Waals surface area contributed by atoms with Gasteiger partial charge in [-0.1, -0.05) is 13.0 Å². The second kappa shape index (κ2) is 7.52. The van der Waals surface area contributed by atoms with Crippen LogP contribution < -0.4 is 10.0 Å². The molecule has 1 unspecified atom stereocenters. The first-order valence-corrected chi connectivity index (χ1v) is 8.37. The molecule has 10 heteroatoms. The van der Waals surface area contributed by atoms with E-state index in [2.05, 4.69) is 10.0 Å². The fraction of sp³-hybridized carbons (Fsp3) is 0.538. The van der Waals surface area contributed by atoms with Crippen LogP contribution in [0, 0.1) is 21.3 Å². The third-order valence-corrected chi connectivity index (χ3v) is 5.25. The van der Waals surface area contributed by atoms with Gasteiger partial charge < -0.3 is 5.32 Å². The predicted octanol–water partition coefficient (Wildman–Crippen LogP) is 1.82. The van der Waals surface area contributed by atoms with E-state index < -0.39 is 31.3 Å². The first-order valence-electron chi connectivity index (χ1n) is 6.88. The van der Waals surface area contributed by atoms with Crippen molar-refractivity contribution in [2.45, 2.75) is 24.7 Å². The van der Waals surface area contributed by atoms with E-state index in [1.807, 2.05) is 6.92 Å². The Labute approximate surface area is 140 Å². The molecule has 0 amide bonds. The van der Waals surface area contributed by atoms with Gasteiger partial charge in [-0.15, -0.1) is 12.4 Å². The lowest BCUT2D eigenvalue weighted by Crippen LogP contribution is -2.45. The van der Waals surface area contributed by atoms with Crippen molar-refractivity contribution in [1.82, 2.24) is 10.0 Å². The summed E-state index contributed by atoms with van der Waals surface area (Å²) >= 11 is 0. The minimum absolute atomic E-state index is 0. The van der Waals surface area contributed by atoms with Gasteiger partial charge in [0.15, 0.2) is 4.90 Å². The number of benzene rings is 1. The Hall–Kier alpha value is -1.29. The van der Waals surface area contributed by atoms with Crippen molar-refractivity contribution in [2.24, 2.45) is 5.41 Å². The molecule has 0 spiro atoms. The van der Waals surface area contributed by atoms with Crippen LogP contribution in [0.4, 0.5) is 10.1 Å². The second-order valence-electron chi connectivity index (χ2n) is 5.76. The van der Waals surface area contributed by atoms with Crippen molar-refractivity contribution in [2.75, 3.05) is 19.6 Å². The molecule has 23 heavy (non-hydrogen) atoms. The maximum absolute atomic E-state index is 13.8. The molecule has 1 saturated heterocycles. The number of sulfonamides is 1. The lowest BCUT2D eigenvalue weighted by atomic mass is 9.83. The third kappa shape index (κ3) is 4.60. The molecular formula is C13H19ClFN3O4S. The molecule has 1 aromatic rings. The summed E-state index contributed by atoms with van der Waals surface area (Å²) < 4.78 is 40.7. The van der Waals surface area contributed by atoms with Crippen molar-refractivity contribution in [3.63, 3.8) is 0 Å². The average Bonchev–Trinajstić information content (AvgIpc) is 2.46. The summed E-state index contributed by atoms with van der Waals surface area (Å²) in [6.07, 6.45) is 1.74. The Morgan fingerprint density at radius 3 is 2.74 bits per heavy atom. The third-order valence-electron chi connectivity index (χ3n) is 3.79. The highest BCUT2D eigenvalue weighted by Crippen LogP contribution is 2.28. The van der Waals surface area contributed by atoms with Gasteiger partial charge in [0.2, 0.25) is 10.0 Å². The molecule has 0 radical (unpaired) electrons. The van der Waals surface area contributed by atoms with Crippen LogP contribution >= 0.6 is 12.4 Å². The van der Waals surface area contributed by atoms with E-state index in [1.54, 1.807) is 0 Å². The molecule has 2 N–H and O–H groups in total. The van der Waals surface area contributed by atoms with Gasteiger partial charge in [0.1, 0.15) is 5.82 Å². The van der Waals surface area contributed by atoms with Gasteiger partial charge in [-0.3, -0.25) is 10.1 Å². The maximum Gasteiger partial charge on any atom is 0.292 e. The van der Waals surface area contributed by atoms with Crippen LogP contribution in [0.1, 0.15) is 19.8 Å². The van der Waals surface area contributed by atoms with Crippen LogP contribution in [0.5, 0.6) is 0 Å². The molecule has 1 aromatic carbocycles. The number of rotatable bonds is 5. The molecule has 0 bridgehead atoms. The second-order valence-corrected chi connectivity index (χ2v) is 7.46. The molecule has 1 atom stereocenters. The van der Waals surface area contributed by atoms with Crippen molar-refractivity contribution in [3.8, 4) is 0 Å². The lowest BCUT2D eigenvalue weighted by Gasteiger charge is -2.34. The van der Waals surface area contributed by atoms with Gasteiger partial charge in [0.25, 0.3) is 5.69 Å². The molecule has 2 rings (SSSR count). The summed E-state index contributed by atoms with van der Waals surface area (Å²) in [5.41, 5.74) is -1.06. The van der Waals surface area contributed by atoms with E-state index in [1.165, 1.54) is 0 Å². The predicted molar refractivity (Wildman–Crippen MR) is 85.7 cm³/mol. The van der Waals surface area contributed by atoms with Crippen LogP contribution in [-0.4, -0.2) is 33.0 Å². The first kappa shape index (κ1) is 19.8. The highest BCUT2D eigenvalue weighted by Gasteiger charge is 2.33. The largest absolute Gasteiger partial charge is 0.316 e. The minimum Gasteiger partial charge on any atom is -0.316 e. The van der Waals surface area contributed by atoms with Crippen LogP contribution in [-0.2, 0) is 10.0 Å². The number of nitrogens with one attached hydrogen (secondary N) is 2. The minimum atomic E-state index is -4.30. The van der Waals surface area contributed by atoms with Gasteiger partial charge >= 0.3 is 0 Å². The zero-order chi connectivity index (χ0) is 16.4. The topological polar surface area (TPSA) is 101 Å². The lowest BCUT2D eigenvalue weighted by molar-refractivity contribution is -0.388. The Morgan fingerprint density at radius 2 is 2.17 bits per heavy atom. The molecule has 0 aliphatic carbocycles. The number of piperidine rings is 1. The molecule has 1 heterocycles. The zero-order valence-electron chi connectivity index (χ0n) is 12.5. The molecule has 1 fully saturated rings. The van der Waals surface area contributed by atoms with Gasteiger partial charge in [-0.05, 0) is 30.9 Å². The number of nitro groups is 1. The van der Waals surface area contributed by atoms with E-state index in [0.29, 0.717) is 6.54 Å². The van der Waals surface area contributed by atoms with Crippen LogP contribution in [0.15, 0.2) is 23.1 Å². The van der Waals surface area contributed by atoms with Crippen LogP contribution in [0.25, 0.3) is 0 Å². The zero-order valence-corrected chi connectivity index (χ0v) is 14.2. The van der Waals surface area contributed by atoms with Gasteiger partial charge in [-0.2, -0.15) is 0 Å². The van der Waals surface area contributed by atoms with Crippen molar-refractivity contribution >= 4 is 28.1 Å². The average molecular weight is 368 g/mol. The van der Waals surface area contributed by atoms with Gasteiger partial charge in [0, 0.05) is 19.2 Å². The molecule has 1 aliphatic heterocycles. The van der Waals surface area contributed by atoms with E-state index in [4.69, 9.17) is 0 Å². The quantitative estimate of drug-likeness (QED) is 0.610. The van der Waals surface area contributed by atoms with Crippen LogP contribution in [0.2, 0.25) is 0 Å². The van der Waals surface area contributed by atoms with Crippen LogP contribution in [0.3, 0.4) is 0 Å². The normalized spacial score (nSPS) is 21.5. The summed E-state index contributed by atoms with van der Waals surface area (Å²) in [6.45, 7) is 3.52. The first-order chi connectivity index (χ1) is 10.3. The standard InChI is InChI=1S/C13H18FN3O4S.ClH/c1-13(6-3-7-15-8-13)9-16-22(20,21)12-10(14)4-2-5-11(12)17(18)19;/h2,4-5,15-16H,3,6-9H2,1H3;1H. The smallest absolute Gasteiger partial charge is 0.292 e. The number of hydrogen-bond donors (Lipinski definition) is 2. The fourth-order valence-electron chi connectivity index (χ4n) is 2.52. The van der Waals surface area contributed by atoms with Crippen molar-refractivity contribution in [1.29, 1.82) is 0 Å². The van der Waals surface area contributed by atoms with E-state index >= 15 is 0 Å². The van der Waals surface area contributed by atoms with E-state index in [9.17, 15) is 22.9 Å². The highest BCUT2D eigenvalue weighted by molar-refractivity contribution is 7.89. The number of hydrogen-bond acceptors (Lipinski definition) is 5.